The Balaban J connectivity index is 2.06. The van der Waals surface area contributed by atoms with Gasteiger partial charge in [0.1, 0.15) is 12.6 Å². The standard InChI is InChI=1S/C28H31Cl2N3O4S/c1-4-31-28(35)26(17-21-9-6-5-7-10-21)32(18-22-13-15-23(29)16-14-22)27(34)19-33(38(3,36)37)25-12-8-11-24(30)20(25)2/h5-16,26H,4,17-19H2,1-3H3,(H,31,35)/t26-/m0/s1. The molecule has 0 aliphatic heterocycles. The van der Waals surface area contributed by atoms with Crippen LogP contribution in [0.15, 0.2) is 72.8 Å². The molecule has 0 saturated heterocycles. The summed E-state index contributed by atoms with van der Waals surface area (Å²) in [6.45, 7) is 3.45. The SMILES string of the molecule is CCNC(=O)[C@H](Cc1ccccc1)N(Cc1ccc(Cl)cc1)C(=O)CN(c1cccc(Cl)c1C)S(C)(=O)=O. The fourth-order valence-corrected chi connectivity index (χ4v) is 5.29. The fraction of sp³-hybridized carbons (Fsp3) is 0.286. The molecule has 0 aliphatic carbocycles. The van der Waals surface area contributed by atoms with Gasteiger partial charge >= 0.3 is 0 Å². The molecule has 0 spiro atoms. The molecule has 3 rings (SSSR count). The molecule has 0 aromatic heterocycles. The highest BCUT2D eigenvalue weighted by atomic mass is 35.5. The first kappa shape index (κ1) is 29.5. The number of anilines is 1. The summed E-state index contributed by atoms with van der Waals surface area (Å²) in [6.07, 6.45) is 1.29. The first-order valence-electron chi connectivity index (χ1n) is 12.1. The maximum Gasteiger partial charge on any atom is 0.244 e. The molecule has 0 bridgehead atoms. The van der Waals surface area contributed by atoms with Crippen LogP contribution in [0.3, 0.4) is 0 Å². The topological polar surface area (TPSA) is 86.8 Å². The highest BCUT2D eigenvalue weighted by Crippen LogP contribution is 2.28. The number of halogens is 2. The van der Waals surface area contributed by atoms with Crippen LogP contribution in [0, 0.1) is 6.92 Å². The minimum atomic E-state index is -3.87. The van der Waals surface area contributed by atoms with Crippen molar-refractivity contribution in [1.82, 2.24) is 10.2 Å². The van der Waals surface area contributed by atoms with Crippen molar-refractivity contribution in [2.24, 2.45) is 0 Å². The van der Waals surface area contributed by atoms with Crippen LogP contribution in [0.2, 0.25) is 10.0 Å². The number of hydrogen-bond donors (Lipinski definition) is 1. The molecule has 3 aromatic carbocycles. The van der Waals surface area contributed by atoms with Gasteiger partial charge in [-0.15, -0.1) is 0 Å². The quantitative estimate of drug-likeness (QED) is 0.354. The summed E-state index contributed by atoms with van der Waals surface area (Å²) in [5.74, 6) is -0.861. The summed E-state index contributed by atoms with van der Waals surface area (Å²) in [5.41, 5.74) is 2.44. The average molecular weight is 577 g/mol. The van der Waals surface area contributed by atoms with Crippen molar-refractivity contribution in [2.45, 2.75) is 32.9 Å². The third kappa shape index (κ3) is 7.72. The Hall–Kier alpha value is -3.07. The van der Waals surface area contributed by atoms with Gasteiger partial charge in [-0.05, 0) is 54.8 Å². The fourth-order valence-electron chi connectivity index (χ4n) is 4.09. The third-order valence-corrected chi connectivity index (χ3v) is 7.86. The number of likely N-dealkylation sites (N-methyl/N-ethyl adjacent to an activating group) is 1. The lowest BCUT2D eigenvalue weighted by molar-refractivity contribution is -0.140. The molecule has 0 unspecified atom stereocenters. The van der Waals surface area contributed by atoms with Gasteiger partial charge in [0.05, 0.1) is 11.9 Å². The van der Waals surface area contributed by atoms with E-state index >= 15 is 0 Å². The zero-order valence-corrected chi connectivity index (χ0v) is 23.9. The van der Waals surface area contributed by atoms with Crippen molar-refractivity contribution in [3.63, 3.8) is 0 Å². The lowest BCUT2D eigenvalue weighted by Crippen LogP contribution is -2.53. The molecule has 0 heterocycles. The van der Waals surface area contributed by atoms with Crippen LogP contribution in [-0.2, 0) is 32.6 Å². The second-order valence-electron chi connectivity index (χ2n) is 8.90. The van der Waals surface area contributed by atoms with Crippen molar-refractivity contribution in [1.29, 1.82) is 0 Å². The number of sulfonamides is 1. The molecule has 10 heteroatoms. The van der Waals surface area contributed by atoms with Gasteiger partial charge in [-0.3, -0.25) is 13.9 Å². The Labute approximate surface area is 234 Å². The average Bonchev–Trinajstić information content (AvgIpc) is 2.87. The van der Waals surface area contributed by atoms with Gasteiger partial charge in [0.15, 0.2) is 0 Å². The number of nitrogens with one attached hydrogen (secondary N) is 1. The summed E-state index contributed by atoms with van der Waals surface area (Å²) >= 11 is 12.3. The number of rotatable bonds is 11. The number of hydrogen-bond acceptors (Lipinski definition) is 4. The molecule has 38 heavy (non-hydrogen) atoms. The molecule has 0 aliphatic rings. The van der Waals surface area contributed by atoms with Crippen LogP contribution < -0.4 is 9.62 Å². The van der Waals surface area contributed by atoms with Gasteiger partial charge in [0.25, 0.3) is 0 Å². The highest BCUT2D eigenvalue weighted by molar-refractivity contribution is 7.92. The van der Waals surface area contributed by atoms with Crippen LogP contribution in [0.25, 0.3) is 0 Å². The van der Waals surface area contributed by atoms with Gasteiger partial charge in [-0.2, -0.15) is 0 Å². The van der Waals surface area contributed by atoms with Gasteiger partial charge in [0.2, 0.25) is 21.8 Å². The predicted octanol–water partition coefficient (Wildman–Crippen LogP) is 4.84. The van der Waals surface area contributed by atoms with Gasteiger partial charge in [-0.25, -0.2) is 8.42 Å². The third-order valence-electron chi connectivity index (χ3n) is 6.08. The predicted molar refractivity (Wildman–Crippen MR) is 153 cm³/mol. The zero-order chi connectivity index (χ0) is 27.9. The molecule has 0 saturated carbocycles. The molecule has 7 nitrogen and oxygen atoms in total. The van der Waals surface area contributed by atoms with Gasteiger partial charge in [-0.1, -0.05) is 71.7 Å². The summed E-state index contributed by atoms with van der Waals surface area (Å²) in [4.78, 5) is 28.7. The maximum absolute atomic E-state index is 14.0. The van der Waals surface area contributed by atoms with Crippen molar-refractivity contribution in [3.8, 4) is 0 Å². The Bertz CT molecular complexity index is 1370. The van der Waals surface area contributed by atoms with E-state index in [0.29, 0.717) is 27.8 Å². The number of carbonyl (C=O) groups excluding carboxylic acids is 2. The van der Waals surface area contributed by atoms with E-state index in [1.807, 2.05) is 30.3 Å². The number of nitrogens with zero attached hydrogens (tertiary/aromatic N) is 2. The molecular weight excluding hydrogens is 545 g/mol. The van der Waals surface area contributed by atoms with Crippen LogP contribution in [0.4, 0.5) is 5.69 Å². The van der Waals surface area contributed by atoms with E-state index in [4.69, 9.17) is 23.2 Å². The Morgan fingerprint density at radius 2 is 1.58 bits per heavy atom. The second-order valence-corrected chi connectivity index (χ2v) is 11.7. The summed E-state index contributed by atoms with van der Waals surface area (Å²) < 4.78 is 26.8. The summed E-state index contributed by atoms with van der Waals surface area (Å²) in [5, 5.41) is 3.74. The minimum Gasteiger partial charge on any atom is -0.355 e. The van der Waals surface area contributed by atoms with Crippen LogP contribution in [0.1, 0.15) is 23.6 Å². The lowest BCUT2D eigenvalue weighted by Gasteiger charge is -2.33. The highest BCUT2D eigenvalue weighted by Gasteiger charge is 2.33. The molecule has 1 N–H and O–H groups in total. The first-order valence-corrected chi connectivity index (χ1v) is 14.7. The van der Waals surface area contributed by atoms with E-state index in [-0.39, 0.29) is 18.9 Å². The smallest absolute Gasteiger partial charge is 0.244 e. The number of carbonyl (C=O) groups is 2. The van der Waals surface area contributed by atoms with Crippen LogP contribution in [0.5, 0.6) is 0 Å². The number of benzene rings is 3. The van der Waals surface area contributed by atoms with E-state index < -0.39 is 28.5 Å². The lowest BCUT2D eigenvalue weighted by atomic mass is 10.0. The van der Waals surface area contributed by atoms with Gasteiger partial charge in [0, 0.05) is 29.6 Å². The van der Waals surface area contributed by atoms with E-state index in [1.54, 1.807) is 56.3 Å². The van der Waals surface area contributed by atoms with E-state index in [9.17, 15) is 18.0 Å². The van der Waals surface area contributed by atoms with E-state index in [1.165, 1.54) is 4.90 Å². The Morgan fingerprint density at radius 1 is 0.921 bits per heavy atom. The van der Waals surface area contributed by atoms with Crippen LogP contribution >= 0.6 is 23.2 Å². The number of amides is 2. The molecule has 0 fully saturated rings. The molecule has 2 amide bonds. The first-order chi connectivity index (χ1) is 18.0. The van der Waals surface area contributed by atoms with Crippen LogP contribution in [-0.4, -0.2) is 50.5 Å². The van der Waals surface area contributed by atoms with Crippen molar-refractivity contribution >= 4 is 50.7 Å². The maximum atomic E-state index is 14.0. The van der Waals surface area contributed by atoms with Crippen molar-refractivity contribution in [2.75, 3.05) is 23.7 Å². The summed E-state index contributed by atoms with van der Waals surface area (Å²) in [7, 11) is -3.87. The molecule has 202 valence electrons. The minimum absolute atomic E-state index is 0.0801. The normalized spacial score (nSPS) is 12.0. The molecule has 3 aromatic rings. The monoisotopic (exact) mass is 575 g/mol. The largest absolute Gasteiger partial charge is 0.355 e. The van der Waals surface area contributed by atoms with E-state index in [0.717, 1.165) is 21.7 Å². The zero-order valence-electron chi connectivity index (χ0n) is 21.5. The van der Waals surface area contributed by atoms with Crippen molar-refractivity contribution in [3.05, 3.63) is 99.5 Å². The summed E-state index contributed by atoms with van der Waals surface area (Å²) in [6, 6.07) is 20.3. The molecular formula is C28H31Cl2N3O4S. The molecule has 0 radical (unpaired) electrons. The Morgan fingerprint density at radius 3 is 2.18 bits per heavy atom. The Kier molecular flexibility index (Phi) is 10.2. The second kappa shape index (κ2) is 13.1. The van der Waals surface area contributed by atoms with Gasteiger partial charge < -0.3 is 10.2 Å². The van der Waals surface area contributed by atoms with Crippen molar-refractivity contribution < 1.29 is 18.0 Å². The van der Waals surface area contributed by atoms with E-state index in [2.05, 4.69) is 5.32 Å². The molecule has 1 atom stereocenters.